The van der Waals surface area contributed by atoms with E-state index in [1.807, 2.05) is 17.5 Å². The molecule has 100 valence electrons. The molecule has 19 heavy (non-hydrogen) atoms. The van der Waals surface area contributed by atoms with Crippen LogP contribution in [0.25, 0.3) is 0 Å². The van der Waals surface area contributed by atoms with Crippen molar-refractivity contribution in [2.45, 2.75) is 32.6 Å². The molecular weight excluding hydrogens is 256 g/mol. The van der Waals surface area contributed by atoms with Crippen LogP contribution in [0, 0.1) is 0 Å². The Balaban J connectivity index is 1.86. The SMILES string of the molecule is CCCCc1ccc(CC(=O)Nc2ccsn2)cc1. The minimum atomic E-state index is -0.0211. The van der Waals surface area contributed by atoms with E-state index in [-0.39, 0.29) is 5.91 Å². The smallest absolute Gasteiger partial charge is 0.229 e. The lowest BCUT2D eigenvalue weighted by molar-refractivity contribution is -0.115. The van der Waals surface area contributed by atoms with Gasteiger partial charge in [-0.15, -0.1) is 0 Å². The summed E-state index contributed by atoms with van der Waals surface area (Å²) in [4.78, 5) is 11.8. The summed E-state index contributed by atoms with van der Waals surface area (Å²) in [6.45, 7) is 2.19. The number of aromatic nitrogens is 1. The summed E-state index contributed by atoms with van der Waals surface area (Å²) in [6, 6.07) is 10.1. The molecule has 0 atom stereocenters. The summed E-state index contributed by atoms with van der Waals surface area (Å²) in [5, 5.41) is 4.63. The summed E-state index contributed by atoms with van der Waals surface area (Å²) in [7, 11) is 0. The van der Waals surface area contributed by atoms with Crippen molar-refractivity contribution in [2.75, 3.05) is 5.32 Å². The number of unbranched alkanes of at least 4 members (excludes halogenated alkanes) is 1. The van der Waals surface area contributed by atoms with Gasteiger partial charge >= 0.3 is 0 Å². The fourth-order valence-corrected chi connectivity index (χ4v) is 2.32. The molecule has 0 aliphatic carbocycles. The fraction of sp³-hybridized carbons (Fsp3) is 0.333. The number of hydrogen-bond donors (Lipinski definition) is 1. The first-order chi connectivity index (χ1) is 9.28. The van der Waals surface area contributed by atoms with Crippen molar-refractivity contribution in [1.82, 2.24) is 4.37 Å². The minimum absolute atomic E-state index is 0.0211. The highest BCUT2D eigenvalue weighted by Crippen LogP contribution is 2.10. The first-order valence-corrected chi connectivity index (χ1v) is 7.39. The van der Waals surface area contributed by atoms with Crippen LogP contribution in [0.3, 0.4) is 0 Å². The maximum absolute atomic E-state index is 11.8. The Morgan fingerprint density at radius 1 is 1.21 bits per heavy atom. The average molecular weight is 274 g/mol. The fourth-order valence-electron chi connectivity index (χ4n) is 1.85. The second kappa shape index (κ2) is 7.04. The number of benzene rings is 1. The van der Waals surface area contributed by atoms with Crippen LogP contribution in [-0.4, -0.2) is 10.3 Å². The van der Waals surface area contributed by atoms with Crippen molar-refractivity contribution in [3.05, 3.63) is 46.8 Å². The Bertz CT molecular complexity index is 505. The topological polar surface area (TPSA) is 42.0 Å². The zero-order valence-electron chi connectivity index (χ0n) is 11.1. The third-order valence-electron chi connectivity index (χ3n) is 2.91. The number of hydrogen-bond acceptors (Lipinski definition) is 3. The highest BCUT2D eigenvalue weighted by Gasteiger charge is 2.05. The summed E-state index contributed by atoms with van der Waals surface area (Å²) in [5.41, 5.74) is 2.37. The number of anilines is 1. The lowest BCUT2D eigenvalue weighted by atomic mass is 10.0. The Hall–Kier alpha value is -1.68. The lowest BCUT2D eigenvalue weighted by Crippen LogP contribution is -2.14. The van der Waals surface area contributed by atoms with Gasteiger partial charge in [-0.1, -0.05) is 37.6 Å². The number of amides is 1. The monoisotopic (exact) mass is 274 g/mol. The summed E-state index contributed by atoms with van der Waals surface area (Å²) < 4.78 is 4.06. The van der Waals surface area contributed by atoms with E-state index in [2.05, 4.69) is 28.7 Å². The minimum Gasteiger partial charge on any atom is -0.310 e. The molecule has 1 heterocycles. The van der Waals surface area contributed by atoms with Gasteiger partial charge in [0.25, 0.3) is 0 Å². The van der Waals surface area contributed by atoms with Crippen molar-refractivity contribution >= 4 is 23.3 Å². The van der Waals surface area contributed by atoms with Gasteiger partial charge < -0.3 is 5.32 Å². The molecule has 0 unspecified atom stereocenters. The van der Waals surface area contributed by atoms with Crippen LogP contribution in [0.5, 0.6) is 0 Å². The summed E-state index contributed by atoms with van der Waals surface area (Å²) in [6.07, 6.45) is 3.93. The maximum Gasteiger partial charge on any atom is 0.229 e. The van der Waals surface area contributed by atoms with Gasteiger partial charge in [0.05, 0.1) is 6.42 Å². The van der Waals surface area contributed by atoms with Crippen LogP contribution in [0.2, 0.25) is 0 Å². The van der Waals surface area contributed by atoms with Crippen LogP contribution in [0.1, 0.15) is 30.9 Å². The Morgan fingerprint density at radius 3 is 2.58 bits per heavy atom. The predicted molar refractivity (Wildman–Crippen MR) is 79.5 cm³/mol. The zero-order chi connectivity index (χ0) is 13.5. The Kier molecular flexibility index (Phi) is 5.10. The van der Waals surface area contributed by atoms with Crippen molar-refractivity contribution in [3.8, 4) is 0 Å². The standard InChI is InChI=1S/C15H18N2OS/c1-2-3-4-12-5-7-13(8-6-12)11-15(18)16-14-9-10-19-17-14/h5-10H,2-4,11H2,1H3,(H,16,17,18). The van der Waals surface area contributed by atoms with E-state index in [4.69, 9.17) is 0 Å². The quantitative estimate of drug-likeness (QED) is 0.873. The van der Waals surface area contributed by atoms with Gasteiger partial charge in [0.15, 0.2) is 0 Å². The molecule has 0 saturated heterocycles. The van der Waals surface area contributed by atoms with E-state index in [1.54, 1.807) is 6.07 Å². The lowest BCUT2D eigenvalue weighted by Gasteiger charge is -2.04. The van der Waals surface area contributed by atoms with E-state index >= 15 is 0 Å². The van der Waals surface area contributed by atoms with E-state index < -0.39 is 0 Å². The van der Waals surface area contributed by atoms with Crippen LogP contribution in [0.4, 0.5) is 5.82 Å². The molecule has 0 radical (unpaired) electrons. The third-order valence-corrected chi connectivity index (χ3v) is 3.47. The van der Waals surface area contributed by atoms with E-state index in [1.165, 1.54) is 29.9 Å². The Morgan fingerprint density at radius 2 is 1.95 bits per heavy atom. The highest BCUT2D eigenvalue weighted by molar-refractivity contribution is 7.03. The second-order valence-electron chi connectivity index (χ2n) is 4.53. The normalized spacial score (nSPS) is 10.4. The second-order valence-corrected chi connectivity index (χ2v) is 5.20. The van der Waals surface area contributed by atoms with Crippen molar-refractivity contribution in [1.29, 1.82) is 0 Å². The molecule has 0 fully saturated rings. The van der Waals surface area contributed by atoms with E-state index in [9.17, 15) is 4.79 Å². The molecular formula is C15H18N2OS. The van der Waals surface area contributed by atoms with Crippen LogP contribution in [-0.2, 0) is 17.6 Å². The summed E-state index contributed by atoms with van der Waals surface area (Å²) >= 11 is 1.33. The van der Waals surface area contributed by atoms with Gasteiger partial charge in [-0.05, 0) is 41.6 Å². The van der Waals surface area contributed by atoms with Crippen LogP contribution >= 0.6 is 11.5 Å². The largest absolute Gasteiger partial charge is 0.310 e. The molecule has 0 saturated carbocycles. The number of nitrogens with one attached hydrogen (secondary N) is 1. The van der Waals surface area contributed by atoms with Crippen LogP contribution in [0.15, 0.2) is 35.7 Å². The first-order valence-electron chi connectivity index (χ1n) is 6.56. The van der Waals surface area contributed by atoms with Gasteiger partial charge in [0, 0.05) is 5.38 Å². The molecule has 0 aliphatic rings. The number of nitrogens with zero attached hydrogens (tertiary/aromatic N) is 1. The summed E-state index contributed by atoms with van der Waals surface area (Å²) in [5.74, 6) is 0.613. The van der Waals surface area contributed by atoms with Crippen molar-refractivity contribution in [3.63, 3.8) is 0 Å². The zero-order valence-corrected chi connectivity index (χ0v) is 11.9. The molecule has 4 heteroatoms. The molecule has 3 nitrogen and oxygen atoms in total. The molecule has 2 rings (SSSR count). The molecule has 0 aliphatic heterocycles. The molecule has 0 bridgehead atoms. The van der Waals surface area contributed by atoms with Gasteiger partial charge in [-0.3, -0.25) is 4.79 Å². The molecule has 1 aromatic carbocycles. The predicted octanol–water partition coefficient (Wildman–Crippen LogP) is 3.67. The molecule has 1 N–H and O–H groups in total. The van der Waals surface area contributed by atoms with Crippen molar-refractivity contribution in [2.24, 2.45) is 0 Å². The van der Waals surface area contributed by atoms with E-state index in [0.717, 1.165) is 12.0 Å². The van der Waals surface area contributed by atoms with Gasteiger partial charge in [-0.2, -0.15) is 4.37 Å². The molecule has 0 spiro atoms. The third kappa shape index (κ3) is 4.48. The average Bonchev–Trinajstić information content (AvgIpc) is 2.90. The van der Waals surface area contributed by atoms with Gasteiger partial charge in [0.1, 0.15) is 5.82 Å². The van der Waals surface area contributed by atoms with Gasteiger partial charge in [-0.25, -0.2) is 0 Å². The Labute approximate surface area is 117 Å². The molecule has 2 aromatic rings. The maximum atomic E-state index is 11.8. The van der Waals surface area contributed by atoms with Crippen molar-refractivity contribution < 1.29 is 4.79 Å². The van der Waals surface area contributed by atoms with E-state index in [0.29, 0.717) is 12.2 Å². The number of carbonyl (C=O) groups is 1. The number of aryl methyl sites for hydroxylation is 1. The molecule has 1 aromatic heterocycles. The highest BCUT2D eigenvalue weighted by atomic mass is 32.1. The molecule has 1 amide bonds. The van der Waals surface area contributed by atoms with Gasteiger partial charge in [0.2, 0.25) is 5.91 Å². The first kappa shape index (κ1) is 13.7. The number of carbonyl (C=O) groups excluding carboxylic acids is 1. The number of rotatable bonds is 6. The van der Waals surface area contributed by atoms with Crippen LogP contribution < -0.4 is 5.32 Å².